The van der Waals surface area contributed by atoms with Gasteiger partial charge in [0.2, 0.25) is 0 Å². The summed E-state index contributed by atoms with van der Waals surface area (Å²) in [6.45, 7) is 1.77. The second kappa shape index (κ2) is 9.06. The quantitative estimate of drug-likeness (QED) is 0.543. The van der Waals surface area contributed by atoms with E-state index in [1.165, 1.54) is 16.5 Å². The Kier molecular flexibility index (Phi) is 6.28. The van der Waals surface area contributed by atoms with Gasteiger partial charge in [0.25, 0.3) is 0 Å². The molecule has 5 nitrogen and oxygen atoms in total. The summed E-state index contributed by atoms with van der Waals surface area (Å²) in [6, 6.07) is 18.4. The lowest BCUT2D eigenvalue weighted by Crippen LogP contribution is -2.38. The van der Waals surface area contributed by atoms with Gasteiger partial charge in [0.15, 0.2) is 0 Å². The Balaban J connectivity index is 1.74. The van der Waals surface area contributed by atoms with Crippen LogP contribution in [0, 0.1) is 0 Å². The van der Waals surface area contributed by atoms with Crippen molar-refractivity contribution in [1.29, 1.82) is 0 Å². The number of para-hydroxylation sites is 1. The highest BCUT2D eigenvalue weighted by molar-refractivity contribution is 5.84. The van der Waals surface area contributed by atoms with Gasteiger partial charge in [-0.25, -0.2) is 4.79 Å². The first-order chi connectivity index (χ1) is 12.8. The summed E-state index contributed by atoms with van der Waals surface area (Å²) in [6.07, 6.45) is 2.84. The van der Waals surface area contributed by atoms with Gasteiger partial charge in [-0.2, -0.15) is 0 Å². The minimum atomic E-state index is -0.151. The number of hydrogen-bond acceptors (Lipinski definition) is 2. The van der Waals surface area contributed by atoms with E-state index in [0.717, 1.165) is 11.9 Å². The highest BCUT2D eigenvalue weighted by Gasteiger charge is 2.18. The Hall–Kier alpha value is -2.79. The molecular formula is C21H25N3O2. The van der Waals surface area contributed by atoms with Gasteiger partial charge >= 0.3 is 6.03 Å². The highest BCUT2D eigenvalue weighted by atomic mass is 16.5. The smallest absolute Gasteiger partial charge is 0.314 e. The normalized spacial score (nSPS) is 12.0. The van der Waals surface area contributed by atoms with Crippen LogP contribution in [0.2, 0.25) is 0 Å². The van der Waals surface area contributed by atoms with Crippen molar-refractivity contribution in [3.63, 3.8) is 0 Å². The van der Waals surface area contributed by atoms with E-state index in [1.807, 2.05) is 36.5 Å². The Labute approximate surface area is 153 Å². The fraction of sp³-hybridized carbons (Fsp3) is 0.286. The van der Waals surface area contributed by atoms with Crippen molar-refractivity contribution < 1.29 is 9.53 Å². The second-order valence-corrected chi connectivity index (χ2v) is 6.24. The maximum absolute atomic E-state index is 12.1. The summed E-state index contributed by atoms with van der Waals surface area (Å²) in [5, 5.41) is 7.06. The molecule has 0 unspecified atom stereocenters. The van der Waals surface area contributed by atoms with Crippen molar-refractivity contribution in [2.45, 2.75) is 12.3 Å². The van der Waals surface area contributed by atoms with Crippen LogP contribution in [-0.4, -0.2) is 37.8 Å². The fourth-order valence-electron chi connectivity index (χ4n) is 3.15. The number of urea groups is 1. The zero-order valence-corrected chi connectivity index (χ0v) is 15.0. The van der Waals surface area contributed by atoms with Gasteiger partial charge in [-0.15, -0.1) is 0 Å². The molecule has 0 aliphatic rings. The number of benzene rings is 2. The number of H-pyrrole nitrogens is 1. The van der Waals surface area contributed by atoms with Crippen LogP contribution in [0.25, 0.3) is 10.9 Å². The third kappa shape index (κ3) is 4.43. The lowest BCUT2D eigenvalue weighted by molar-refractivity contribution is 0.193. The molecule has 136 valence electrons. The number of carbonyl (C=O) groups is 1. The first-order valence-corrected chi connectivity index (χ1v) is 8.91. The van der Waals surface area contributed by atoms with E-state index in [2.05, 4.69) is 39.9 Å². The molecule has 1 aromatic heterocycles. The fourth-order valence-corrected chi connectivity index (χ4v) is 3.15. The molecule has 5 heteroatoms. The summed E-state index contributed by atoms with van der Waals surface area (Å²) in [5.74, 6) is 0.0806. The topological polar surface area (TPSA) is 66.2 Å². The Morgan fingerprint density at radius 2 is 1.85 bits per heavy atom. The monoisotopic (exact) mass is 351 g/mol. The zero-order chi connectivity index (χ0) is 18.2. The molecule has 3 rings (SSSR count). The molecule has 26 heavy (non-hydrogen) atoms. The van der Waals surface area contributed by atoms with Crippen molar-refractivity contribution in [1.82, 2.24) is 15.6 Å². The molecular weight excluding hydrogens is 326 g/mol. The van der Waals surface area contributed by atoms with Crippen LogP contribution in [-0.2, 0) is 4.74 Å². The second-order valence-electron chi connectivity index (χ2n) is 6.24. The lowest BCUT2D eigenvalue weighted by Gasteiger charge is -2.18. The number of fused-ring (bicyclic) bond motifs is 1. The largest absolute Gasteiger partial charge is 0.385 e. The van der Waals surface area contributed by atoms with Crippen LogP contribution >= 0.6 is 0 Å². The molecule has 1 heterocycles. The third-order valence-corrected chi connectivity index (χ3v) is 4.48. The van der Waals surface area contributed by atoms with Gasteiger partial charge in [0.1, 0.15) is 0 Å². The minimum Gasteiger partial charge on any atom is -0.385 e. The van der Waals surface area contributed by atoms with Gasteiger partial charge in [0.05, 0.1) is 0 Å². The summed E-state index contributed by atoms with van der Waals surface area (Å²) in [7, 11) is 1.66. The van der Waals surface area contributed by atoms with Crippen LogP contribution in [0.3, 0.4) is 0 Å². The number of aromatic amines is 1. The average molecular weight is 351 g/mol. The molecule has 1 atom stereocenters. The summed E-state index contributed by atoms with van der Waals surface area (Å²) in [4.78, 5) is 15.4. The van der Waals surface area contributed by atoms with Crippen LogP contribution in [0.5, 0.6) is 0 Å². The predicted octanol–water partition coefficient (Wildman–Crippen LogP) is 3.64. The van der Waals surface area contributed by atoms with Gasteiger partial charge in [-0.1, -0.05) is 48.5 Å². The van der Waals surface area contributed by atoms with Gasteiger partial charge in [0, 0.05) is 49.8 Å². The van der Waals surface area contributed by atoms with E-state index in [0.29, 0.717) is 19.7 Å². The molecule has 3 N–H and O–H groups in total. The van der Waals surface area contributed by atoms with E-state index in [4.69, 9.17) is 4.74 Å². The molecule has 0 fully saturated rings. The predicted molar refractivity (Wildman–Crippen MR) is 104 cm³/mol. The third-order valence-electron chi connectivity index (χ3n) is 4.48. The van der Waals surface area contributed by atoms with Crippen molar-refractivity contribution in [2.24, 2.45) is 0 Å². The van der Waals surface area contributed by atoms with Gasteiger partial charge in [-0.3, -0.25) is 0 Å². The molecule has 0 aliphatic carbocycles. The van der Waals surface area contributed by atoms with E-state index in [-0.39, 0.29) is 11.9 Å². The Morgan fingerprint density at radius 3 is 2.65 bits per heavy atom. The van der Waals surface area contributed by atoms with Gasteiger partial charge < -0.3 is 20.4 Å². The number of amides is 2. The molecule has 2 amide bonds. The first-order valence-electron chi connectivity index (χ1n) is 8.91. The van der Waals surface area contributed by atoms with Crippen molar-refractivity contribution in [3.8, 4) is 0 Å². The number of methoxy groups -OCH3 is 1. The van der Waals surface area contributed by atoms with Crippen molar-refractivity contribution in [2.75, 3.05) is 26.8 Å². The molecule has 2 aromatic carbocycles. The SMILES string of the molecule is COCCCNC(=O)NC[C@@H](c1ccccc1)c1c[nH]c2ccccc12. The maximum Gasteiger partial charge on any atom is 0.314 e. The molecule has 0 radical (unpaired) electrons. The van der Waals surface area contributed by atoms with E-state index in [9.17, 15) is 4.79 Å². The zero-order valence-electron chi connectivity index (χ0n) is 15.0. The lowest BCUT2D eigenvalue weighted by atomic mass is 9.91. The molecule has 0 saturated carbocycles. The summed E-state index contributed by atoms with van der Waals surface area (Å²) < 4.78 is 4.99. The number of rotatable bonds is 8. The van der Waals surface area contributed by atoms with E-state index in [1.54, 1.807) is 7.11 Å². The van der Waals surface area contributed by atoms with Crippen LogP contribution < -0.4 is 10.6 Å². The molecule has 0 spiro atoms. The summed E-state index contributed by atoms with van der Waals surface area (Å²) >= 11 is 0. The van der Waals surface area contributed by atoms with Crippen molar-refractivity contribution in [3.05, 3.63) is 71.9 Å². The number of ether oxygens (including phenoxy) is 1. The van der Waals surface area contributed by atoms with E-state index < -0.39 is 0 Å². The minimum absolute atomic E-state index is 0.0806. The summed E-state index contributed by atoms with van der Waals surface area (Å²) in [5.41, 5.74) is 3.47. The number of carbonyl (C=O) groups excluding carboxylic acids is 1. The van der Waals surface area contributed by atoms with Gasteiger partial charge in [-0.05, 0) is 23.6 Å². The highest BCUT2D eigenvalue weighted by Crippen LogP contribution is 2.30. The van der Waals surface area contributed by atoms with E-state index >= 15 is 0 Å². The number of hydrogen-bond donors (Lipinski definition) is 3. The van der Waals surface area contributed by atoms with Crippen LogP contribution in [0.1, 0.15) is 23.5 Å². The van der Waals surface area contributed by atoms with Crippen molar-refractivity contribution >= 4 is 16.9 Å². The number of aromatic nitrogens is 1. The standard InChI is InChI=1S/C21H25N3O2/c1-26-13-7-12-22-21(25)24-14-18(16-8-3-2-4-9-16)19-15-23-20-11-6-5-10-17(19)20/h2-6,8-11,15,18,23H,7,12-14H2,1H3,(H2,22,24,25)/t18-/m0/s1. The Morgan fingerprint density at radius 1 is 1.08 bits per heavy atom. The average Bonchev–Trinajstić information content (AvgIpc) is 3.10. The molecule has 3 aromatic rings. The molecule has 0 bridgehead atoms. The Bertz CT molecular complexity index is 829. The maximum atomic E-state index is 12.1. The number of nitrogens with one attached hydrogen (secondary N) is 3. The molecule has 0 saturated heterocycles. The first kappa shape index (κ1) is 18.0. The molecule has 0 aliphatic heterocycles. The van der Waals surface area contributed by atoms with Crippen LogP contribution in [0.15, 0.2) is 60.8 Å². The van der Waals surface area contributed by atoms with Crippen LogP contribution in [0.4, 0.5) is 4.79 Å².